The molecule has 0 aliphatic carbocycles. The highest BCUT2D eigenvalue weighted by molar-refractivity contribution is 6.06. The van der Waals surface area contributed by atoms with E-state index in [1.807, 2.05) is 11.0 Å². The summed E-state index contributed by atoms with van der Waals surface area (Å²) in [5, 5.41) is 6.13. The number of hydrogen-bond acceptors (Lipinski definition) is 8. The van der Waals surface area contributed by atoms with Gasteiger partial charge < -0.3 is 34.7 Å². The van der Waals surface area contributed by atoms with Crippen molar-refractivity contribution in [2.45, 2.75) is 18.9 Å². The topological polar surface area (TPSA) is 121 Å². The summed E-state index contributed by atoms with van der Waals surface area (Å²) in [5.41, 5.74) is 3.37. The van der Waals surface area contributed by atoms with Crippen LogP contribution in [-0.4, -0.2) is 97.3 Å². The Labute approximate surface area is 249 Å². The van der Waals surface area contributed by atoms with Crippen molar-refractivity contribution < 1.29 is 28.2 Å². The highest BCUT2D eigenvalue weighted by Crippen LogP contribution is 2.42. The average Bonchev–Trinajstić information content (AvgIpc) is 3.37. The van der Waals surface area contributed by atoms with Gasteiger partial charge in [0.1, 0.15) is 12.4 Å². The van der Waals surface area contributed by atoms with Gasteiger partial charge in [-0.2, -0.15) is 0 Å². The lowest BCUT2D eigenvalue weighted by atomic mass is 10.0. The molecule has 6 rings (SSSR count). The number of fused-ring (bicyclic) bond motifs is 1. The lowest BCUT2D eigenvalue weighted by Crippen LogP contribution is -2.53. The number of ether oxygens (including phenoxy) is 3. The highest BCUT2D eigenvalue weighted by Gasteiger charge is 2.33. The van der Waals surface area contributed by atoms with Gasteiger partial charge in [0, 0.05) is 62.7 Å². The van der Waals surface area contributed by atoms with Crippen LogP contribution in [0, 0.1) is 5.82 Å². The van der Waals surface area contributed by atoms with E-state index in [0.29, 0.717) is 60.1 Å². The zero-order chi connectivity index (χ0) is 29.8. The maximum absolute atomic E-state index is 14.5. The van der Waals surface area contributed by atoms with Crippen LogP contribution >= 0.6 is 0 Å². The van der Waals surface area contributed by atoms with Crippen molar-refractivity contribution in [1.29, 1.82) is 0 Å². The highest BCUT2D eigenvalue weighted by atomic mass is 19.1. The maximum Gasteiger partial charge on any atom is 0.255 e. The molecule has 2 amide bonds. The number of methoxy groups -OCH3 is 1. The Morgan fingerprint density at radius 2 is 2.12 bits per heavy atom. The first-order valence-electron chi connectivity index (χ1n) is 14.5. The quantitative estimate of drug-likeness (QED) is 0.308. The number of nitrogens with zero attached hydrogens (tertiary/aromatic N) is 3. The van der Waals surface area contributed by atoms with Crippen LogP contribution in [-0.2, 0) is 16.0 Å². The van der Waals surface area contributed by atoms with Gasteiger partial charge >= 0.3 is 0 Å². The van der Waals surface area contributed by atoms with Crippen LogP contribution in [0.4, 0.5) is 15.8 Å². The van der Waals surface area contributed by atoms with Gasteiger partial charge in [-0.05, 0) is 24.6 Å². The smallest absolute Gasteiger partial charge is 0.255 e. The van der Waals surface area contributed by atoms with Crippen LogP contribution in [0.2, 0.25) is 0 Å². The lowest BCUT2D eigenvalue weighted by molar-refractivity contribution is -0.134. The fraction of sp³-hybridized carbons (Fsp3) is 0.387. The minimum absolute atomic E-state index is 0.0295. The Morgan fingerprint density at radius 1 is 1.26 bits per heavy atom. The first kappa shape index (κ1) is 28.7. The Bertz CT molecular complexity index is 1520. The Hall–Kier alpha value is -4.42. The molecule has 3 N–H and O–H groups in total. The summed E-state index contributed by atoms with van der Waals surface area (Å²) in [6, 6.07) is 6.31. The van der Waals surface area contributed by atoms with Crippen molar-refractivity contribution in [3.05, 3.63) is 65.9 Å². The Kier molecular flexibility index (Phi) is 8.57. The Morgan fingerprint density at radius 3 is 2.91 bits per heavy atom. The first-order valence-corrected chi connectivity index (χ1v) is 14.5. The van der Waals surface area contributed by atoms with Crippen molar-refractivity contribution in [3.63, 3.8) is 0 Å². The van der Waals surface area contributed by atoms with Gasteiger partial charge in [-0.25, -0.2) is 4.39 Å². The normalized spacial score (nSPS) is 18.6. The number of halogens is 1. The van der Waals surface area contributed by atoms with E-state index in [1.54, 1.807) is 36.7 Å². The predicted octanol–water partition coefficient (Wildman–Crippen LogP) is 3.12. The summed E-state index contributed by atoms with van der Waals surface area (Å²) >= 11 is 0. The molecule has 5 heterocycles. The van der Waals surface area contributed by atoms with Crippen LogP contribution in [0.1, 0.15) is 22.5 Å². The summed E-state index contributed by atoms with van der Waals surface area (Å²) in [4.78, 5) is 37.6. The molecule has 0 radical (unpaired) electrons. The van der Waals surface area contributed by atoms with E-state index in [1.165, 1.54) is 13.2 Å². The molecular formula is C31H35FN6O5. The number of H-pyrrole nitrogens is 1. The fourth-order valence-electron chi connectivity index (χ4n) is 5.63. The average molecular weight is 591 g/mol. The third-order valence-corrected chi connectivity index (χ3v) is 8.04. The van der Waals surface area contributed by atoms with E-state index in [-0.39, 0.29) is 23.6 Å². The van der Waals surface area contributed by atoms with Gasteiger partial charge in [0.2, 0.25) is 5.91 Å². The number of aromatic amines is 1. The van der Waals surface area contributed by atoms with Gasteiger partial charge in [-0.3, -0.25) is 19.5 Å². The Balaban J connectivity index is 1.21. The second-order valence-electron chi connectivity index (χ2n) is 10.7. The second kappa shape index (κ2) is 12.8. The molecule has 3 aromatic rings. The number of pyridine rings is 1. The van der Waals surface area contributed by atoms with Crippen LogP contribution in [0.3, 0.4) is 0 Å². The SMILES string of the molecule is COc1c(F)cccc1Nc1c(-c2ccncc2OC[C@@H]2CCN2C(=O)/C=C/CN2CCOCC2)[nH]c2c1C(=O)NCC2. The van der Waals surface area contributed by atoms with Gasteiger partial charge in [0.05, 0.1) is 55.2 Å². The molecule has 11 nitrogen and oxygen atoms in total. The standard InChI is InChI=1S/C31H35FN6O5/c1-41-30-22(32)4-2-5-24(30)36-29-27-23(8-11-34-31(27)40)35-28(29)21-7-10-33-18-25(21)43-19-20-9-13-38(20)26(39)6-3-12-37-14-16-42-17-15-37/h2-7,10,18,20,35-36H,8-9,11-17,19H2,1H3,(H,34,40)/b6-3+/t20-/m0/s1. The number of likely N-dealkylation sites (tertiary alicyclic amines) is 1. The zero-order valence-electron chi connectivity index (χ0n) is 24.0. The van der Waals surface area contributed by atoms with E-state index in [2.05, 4.69) is 25.5 Å². The lowest BCUT2D eigenvalue weighted by Gasteiger charge is -2.40. The van der Waals surface area contributed by atoms with E-state index in [4.69, 9.17) is 14.2 Å². The van der Waals surface area contributed by atoms with Crippen LogP contribution < -0.4 is 20.1 Å². The van der Waals surface area contributed by atoms with E-state index in [0.717, 1.165) is 45.0 Å². The molecule has 0 spiro atoms. The van der Waals surface area contributed by atoms with Gasteiger partial charge in [0.25, 0.3) is 5.91 Å². The number of morpholine rings is 1. The number of aromatic nitrogens is 2. The van der Waals surface area contributed by atoms with Crippen molar-refractivity contribution in [2.24, 2.45) is 0 Å². The van der Waals surface area contributed by atoms with E-state index in [9.17, 15) is 14.0 Å². The number of anilines is 2. The van der Waals surface area contributed by atoms with Crippen LogP contribution in [0.15, 0.2) is 48.8 Å². The van der Waals surface area contributed by atoms with Crippen molar-refractivity contribution in [2.75, 3.05) is 65.0 Å². The number of carbonyl (C=O) groups is 2. The molecule has 2 saturated heterocycles. The number of hydrogen-bond donors (Lipinski definition) is 3. The van der Waals surface area contributed by atoms with Crippen molar-refractivity contribution in [3.8, 4) is 22.8 Å². The number of para-hydroxylation sites is 1. The molecule has 43 heavy (non-hydrogen) atoms. The summed E-state index contributed by atoms with van der Waals surface area (Å²) in [6.45, 7) is 5.37. The molecule has 0 unspecified atom stereocenters. The molecule has 1 atom stereocenters. The van der Waals surface area contributed by atoms with E-state index < -0.39 is 5.82 Å². The first-order chi connectivity index (χ1) is 21.0. The monoisotopic (exact) mass is 590 g/mol. The molecule has 3 aliphatic rings. The van der Waals surface area contributed by atoms with Crippen molar-refractivity contribution in [1.82, 2.24) is 25.1 Å². The molecule has 12 heteroatoms. The van der Waals surface area contributed by atoms with E-state index >= 15 is 0 Å². The number of amides is 2. The zero-order valence-corrected chi connectivity index (χ0v) is 24.0. The third-order valence-electron chi connectivity index (χ3n) is 8.04. The molecule has 2 aromatic heterocycles. The maximum atomic E-state index is 14.5. The van der Waals surface area contributed by atoms with Gasteiger partial charge in [-0.1, -0.05) is 12.1 Å². The second-order valence-corrected chi connectivity index (χ2v) is 10.7. The molecule has 1 aromatic carbocycles. The summed E-state index contributed by atoms with van der Waals surface area (Å²) in [5.74, 6) is -0.245. The van der Waals surface area contributed by atoms with Crippen molar-refractivity contribution >= 4 is 23.2 Å². The molecular weight excluding hydrogens is 555 g/mol. The minimum atomic E-state index is -0.522. The summed E-state index contributed by atoms with van der Waals surface area (Å²) in [6.07, 6.45) is 8.26. The minimum Gasteiger partial charge on any atom is -0.492 e. The molecule has 2 fully saturated rings. The molecule has 226 valence electrons. The fourth-order valence-corrected chi connectivity index (χ4v) is 5.63. The number of nitrogens with one attached hydrogen (secondary N) is 3. The predicted molar refractivity (Wildman–Crippen MR) is 158 cm³/mol. The number of carbonyl (C=O) groups excluding carboxylic acids is 2. The molecule has 0 bridgehead atoms. The van der Waals surface area contributed by atoms with Gasteiger partial charge in [-0.15, -0.1) is 0 Å². The number of rotatable bonds is 10. The number of benzene rings is 1. The van der Waals surface area contributed by atoms with Gasteiger partial charge in [0.15, 0.2) is 11.6 Å². The molecule has 3 aliphatic heterocycles. The largest absolute Gasteiger partial charge is 0.492 e. The summed E-state index contributed by atoms with van der Waals surface area (Å²) in [7, 11) is 1.40. The van der Waals surface area contributed by atoms with Crippen LogP contribution in [0.25, 0.3) is 11.3 Å². The molecule has 0 saturated carbocycles. The van der Waals surface area contributed by atoms with Crippen LogP contribution in [0.5, 0.6) is 11.5 Å². The summed E-state index contributed by atoms with van der Waals surface area (Å²) < 4.78 is 31.5. The third kappa shape index (κ3) is 6.06.